The quantitative estimate of drug-likeness (QED) is 0.871. The Balaban J connectivity index is 3.16. The summed E-state index contributed by atoms with van der Waals surface area (Å²) in [5.41, 5.74) is 0.192. The number of aliphatic hydroxyl groups is 1. The van der Waals surface area contributed by atoms with Crippen molar-refractivity contribution < 1.29 is 17.9 Å². The molecule has 2 N–H and O–H groups in total. The highest BCUT2D eigenvalue weighted by molar-refractivity contribution is 7.89. The van der Waals surface area contributed by atoms with Gasteiger partial charge in [0.25, 0.3) is 0 Å². The highest BCUT2D eigenvalue weighted by atomic mass is 35.5. The van der Waals surface area contributed by atoms with Crippen molar-refractivity contribution in [3.63, 3.8) is 0 Å². The van der Waals surface area contributed by atoms with Crippen molar-refractivity contribution in [3.05, 3.63) is 28.5 Å². The molecule has 1 aromatic rings. The molecular weight excluding hydrogens is 281 g/mol. The van der Waals surface area contributed by atoms with E-state index in [9.17, 15) is 12.8 Å². The maximum Gasteiger partial charge on any atom is 0.242 e. The molecule has 0 saturated carbocycles. The minimum atomic E-state index is -3.86. The van der Waals surface area contributed by atoms with Crippen molar-refractivity contribution in [2.24, 2.45) is 0 Å². The zero-order valence-corrected chi connectivity index (χ0v) is 11.6. The number of nitrogens with one attached hydrogen (secondary N) is 1. The second-order valence-electron chi connectivity index (χ2n) is 3.94. The van der Waals surface area contributed by atoms with E-state index in [1.807, 2.05) is 0 Å². The Morgan fingerprint density at radius 3 is 2.61 bits per heavy atom. The smallest absolute Gasteiger partial charge is 0.242 e. The van der Waals surface area contributed by atoms with Crippen molar-refractivity contribution in [2.45, 2.75) is 31.2 Å². The lowest BCUT2D eigenvalue weighted by Gasteiger charge is -2.15. The minimum absolute atomic E-state index is 0.182. The van der Waals surface area contributed by atoms with Crippen molar-refractivity contribution in [3.8, 4) is 0 Å². The SMILES string of the molecule is CCC(CO)NS(=O)(=O)c1cc(C)c(F)cc1Cl. The highest BCUT2D eigenvalue weighted by Gasteiger charge is 2.22. The number of halogens is 2. The van der Waals surface area contributed by atoms with Gasteiger partial charge in [0.15, 0.2) is 0 Å². The van der Waals surface area contributed by atoms with E-state index in [1.165, 1.54) is 13.0 Å². The van der Waals surface area contributed by atoms with Crippen LogP contribution >= 0.6 is 11.6 Å². The number of hydrogen-bond donors (Lipinski definition) is 2. The summed E-state index contributed by atoms with van der Waals surface area (Å²) in [6, 6.07) is 1.55. The number of sulfonamides is 1. The number of aliphatic hydroxyl groups excluding tert-OH is 1. The van der Waals surface area contributed by atoms with E-state index in [2.05, 4.69) is 4.72 Å². The fourth-order valence-electron chi connectivity index (χ4n) is 1.37. The molecule has 1 rings (SSSR count). The first-order valence-electron chi connectivity index (χ1n) is 5.40. The van der Waals surface area contributed by atoms with E-state index in [4.69, 9.17) is 16.7 Å². The second-order valence-corrected chi connectivity index (χ2v) is 6.03. The summed E-state index contributed by atoms with van der Waals surface area (Å²) >= 11 is 5.73. The topological polar surface area (TPSA) is 66.4 Å². The van der Waals surface area contributed by atoms with Crippen LogP contribution in [0, 0.1) is 12.7 Å². The number of aryl methyl sites for hydroxylation is 1. The predicted molar refractivity (Wildman–Crippen MR) is 67.6 cm³/mol. The molecule has 4 nitrogen and oxygen atoms in total. The van der Waals surface area contributed by atoms with Crippen LogP contribution in [0.5, 0.6) is 0 Å². The standard InChI is InChI=1S/C11H15ClFNO3S/c1-3-8(6-15)14-18(16,17)11-4-7(2)10(13)5-9(11)12/h4-5,8,14-15H,3,6H2,1-2H3. The van der Waals surface area contributed by atoms with E-state index in [0.717, 1.165) is 6.07 Å². The fraction of sp³-hybridized carbons (Fsp3) is 0.455. The fourth-order valence-corrected chi connectivity index (χ4v) is 3.28. The third-order valence-electron chi connectivity index (χ3n) is 2.54. The van der Waals surface area contributed by atoms with Gasteiger partial charge in [-0.2, -0.15) is 0 Å². The Bertz CT molecular complexity index is 529. The van der Waals surface area contributed by atoms with Gasteiger partial charge in [-0.15, -0.1) is 0 Å². The molecule has 102 valence electrons. The van der Waals surface area contributed by atoms with Gasteiger partial charge in [-0.3, -0.25) is 0 Å². The summed E-state index contributed by atoms with van der Waals surface area (Å²) in [4.78, 5) is -0.185. The number of hydrogen-bond acceptors (Lipinski definition) is 3. The lowest BCUT2D eigenvalue weighted by atomic mass is 10.2. The Kier molecular flexibility index (Phi) is 5.10. The van der Waals surface area contributed by atoms with E-state index in [0.29, 0.717) is 6.42 Å². The van der Waals surface area contributed by atoms with Crippen LogP contribution in [0.25, 0.3) is 0 Å². The van der Waals surface area contributed by atoms with Crippen molar-refractivity contribution in [2.75, 3.05) is 6.61 Å². The van der Waals surface area contributed by atoms with Crippen molar-refractivity contribution in [1.82, 2.24) is 4.72 Å². The average Bonchev–Trinajstić information content (AvgIpc) is 2.30. The monoisotopic (exact) mass is 295 g/mol. The number of benzene rings is 1. The first-order chi connectivity index (χ1) is 8.31. The third-order valence-corrected chi connectivity index (χ3v) is 4.52. The summed E-state index contributed by atoms with van der Waals surface area (Å²) in [7, 11) is -3.86. The zero-order chi connectivity index (χ0) is 13.9. The largest absolute Gasteiger partial charge is 0.395 e. The molecule has 0 amide bonds. The molecule has 0 aliphatic rings. The first-order valence-corrected chi connectivity index (χ1v) is 7.26. The molecule has 7 heteroatoms. The van der Waals surface area contributed by atoms with Crippen LogP contribution in [0.1, 0.15) is 18.9 Å². The second kappa shape index (κ2) is 5.97. The Morgan fingerprint density at radius 2 is 2.11 bits per heavy atom. The molecule has 0 aliphatic heterocycles. The van der Waals surface area contributed by atoms with Crippen LogP contribution in [-0.2, 0) is 10.0 Å². The van der Waals surface area contributed by atoms with Crippen molar-refractivity contribution >= 4 is 21.6 Å². The molecule has 1 aromatic carbocycles. The third kappa shape index (κ3) is 3.41. The maximum absolute atomic E-state index is 13.2. The van der Waals surface area contributed by atoms with Gasteiger partial charge in [0.1, 0.15) is 10.7 Å². The highest BCUT2D eigenvalue weighted by Crippen LogP contribution is 2.24. The Hall–Kier alpha value is -0.690. The van der Waals surface area contributed by atoms with Gasteiger partial charge in [-0.05, 0) is 31.0 Å². The molecule has 0 aliphatic carbocycles. The summed E-state index contributed by atoms with van der Waals surface area (Å²) in [6.45, 7) is 2.88. The lowest BCUT2D eigenvalue weighted by Crippen LogP contribution is -2.37. The van der Waals surface area contributed by atoms with E-state index < -0.39 is 21.9 Å². The average molecular weight is 296 g/mol. The van der Waals surface area contributed by atoms with Crippen molar-refractivity contribution in [1.29, 1.82) is 0 Å². The first kappa shape index (κ1) is 15.4. The molecular formula is C11H15ClFNO3S. The van der Waals surface area contributed by atoms with E-state index in [-0.39, 0.29) is 22.1 Å². The molecule has 1 atom stereocenters. The summed E-state index contributed by atoms with van der Waals surface area (Å²) < 4.78 is 39.5. The van der Waals surface area contributed by atoms with Gasteiger partial charge in [0.2, 0.25) is 10.0 Å². The van der Waals surface area contributed by atoms with Gasteiger partial charge in [-0.25, -0.2) is 17.5 Å². The normalized spacial score (nSPS) is 13.6. The van der Waals surface area contributed by atoms with E-state index in [1.54, 1.807) is 6.92 Å². The minimum Gasteiger partial charge on any atom is -0.395 e. The summed E-state index contributed by atoms with van der Waals surface area (Å²) in [6.07, 6.45) is 0.438. The summed E-state index contributed by atoms with van der Waals surface area (Å²) in [5, 5.41) is 8.80. The molecule has 0 saturated heterocycles. The van der Waals surface area contributed by atoms with Crippen LogP contribution in [0.3, 0.4) is 0 Å². The predicted octanol–water partition coefficient (Wildman–Crippen LogP) is 1.84. The molecule has 0 heterocycles. The van der Waals surface area contributed by atoms with Crippen LogP contribution in [0.4, 0.5) is 4.39 Å². The lowest BCUT2D eigenvalue weighted by molar-refractivity contribution is 0.254. The molecule has 0 fully saturated rings. The molecule has 0 aromatic heterocycles. The van der Waals surface area contributed by atoms with Gasteiger partial charge in [-0.1, -0.05) is 18.5 Å². The number of rotatable bonds is 5. The molecule has 0 spiro atoms. The molecule has 0 bridgehead atoms. The Morgan fingerprint density at radius 1 is 1.50 bits per heavy atom. The van der Waals surface area contributed by atoms with Gasteiger partial charge in [0, 0.05) is 6.04 Å². The van der Waals surface area contributed by atoms with Gasteiger partial charge >= 0.3 is 0 Å². The zero-order valence-electron chi connectivity index (χ0n) is 10.1. The maximum atomic E-state index is 13.2. The van der Waals surface area contributed by atoms with Crippen LogP contribution in [0.2, 0.25) is 5.02 Å². The van der Waals surface area contributed by atoms with Gasteiger partial charge in [0.05, 0.1) is 11.6 Å². The summed E-state index contributed by atoms with van der Waals surface area (Å²) in [5.74, 6) is -0.562. The molecule has 18 heavy (non-hydrogen) atoms. The van der Waals surface area contributed by atoms with Gasteiger partial charge < -0.3 is 5.11 Å². The van der Waals surface area contributed by atoms with E-state index >= 15 is 0 Å². The van der Waals surface area contributed by atoms with Crippen LogP contribution < -0.4 is 4.72 Å². The Labute approximate surface area is 111 Å². The molecule has 1 unspecified atom stereocenters. The van der Waals surface area contributed by atoms with Crippen LogP contribution in [-0.4, -0.2) is 26.2 Å². The van der Waals surface area contributed by atoms with Crippen LogP contribution in [0.15, 0.2) is 17.0 Å². The molecule has 0 radical (unpaired) electrons.